The third kappa shape index (κ3) is 1.77. The number of ether oxygens (including phenoxy) is 1. The van der Waals surface area contributed by atoms with Crippen molar-refractivity contribution in [3.8, 4) is 5.75 Å². The fraction of sp³-hybridized carbons (Fsp3) is 0.125. The van der Waals surface area contributed by atoms with E-state index in [4.69, 9.17) is 4.74 Å². The van der Waals surface area contributed by atoms with Gasteiger partial charge in [-0.3, -0.25) is 4.79 Å². The van der Waals surface area contributed by atoms with Gasteiger partial charge in [0.15, 0.2) is 6.61 Å². The number of carbonyl (C=O) groups excluding carboxylic acids is 1. The lowest BCUT2D eigenvalue weighted by molar-refractivity contribution is -0.118. The van der Waals surface area contributed by atoms with Gasteiger partial charge in [0, 0.05) is 0 Å². The van der Waals surface area contributed by atoms with Crippen molar-refractivity contribution in [1.29, 1.82) is 0 Å². The smallest absolute Gasteiger partial charge is 0.482 e. The van der Waals surface area contributed by atoms with Crippen LogP contribution in [0.25, 0.3) is 0 Å². The van der Waals surface area contributed by atoms with E-state index in [9.17, 15) is 17.7 Å². The molecule has 0 saturated carbocycles. The zero-order valence-electron chi connectivity index (χ0n) is 7.47. The highest BCUT2D eigenvalue weighted by Gasteiger charge is 2.31. The number of nitrogens with one attached hydrogen (secondary N) is 1. The fourth-order valence-electron chi connectivity index (χ4n) is 1.39. The summed E-state index contributed by atoms with van der Waals surface area (Å²) >= 11 is 0. The number of benzene rings is 1. The van der Waals surface area contributed by atoms with Crippen molar-refractivity contribution in [2.75, 3.05) is 11.9 Å². The average molecular weight is 216 g/mol. The number of amides is 1. The van der Waals surface area contributed by atoms with Crippen molar-refractivity contribution >= 4 is 24.0 Å². The number of hydrogen-bond donors (Lipinski definition) is 1. The maximum atomic E-state index is 12.6. The first-order valence-corrected chi connectivity index (χ1v) is 4.24. The van der Waals surface area contributed by atoms with Crippen molar-refractivity contribution in [3.63, 3.8) is 0 Å². The average Bonchev–Trinajstić information content (AvgIpc) is 2.15. The Morgan fingerprint density at radius 3 is 2.73 bits per heavy atom. The molecule has 7 heteroatoms. The SMILES string of the molecule is O=C1COc2cccc([B-](F)(F)F)c2N1. The molecule has 15 heavy (non-hydrogen) atoms. The molecule has 1 aliphatic heterocycles. The summed E-state index contributed by atoms with van der Waals surface area (Å²) in [4.78, 5) is 10.9. The Balaban J connectivity index is 2.53. The zero-order chi connectivity index (χ0) is 11.1. The van der Waals surface area contributed by atoms with Crippen molar-refractivity contribution in [2.24, 2.45) is 0 Å². The van der Waals surface area contributed by atoms with Crippen LogP contribution in [0, 0.1) is 0 Å². The second kappa shape index (κ2) is 3.18. The zero-order valence-corrected chi connectivity index (χ0v) is 7.47. The van der Waals surface area contributed by atoms with Gasteiger partial charge in [0.25, 0.3) is 5.91 Å². The molecule has 0 unspecified atom stereocenters. The summed E-state index contributed by atoms with van der Waals surface area (Å²) in [6, 6.07) is 3.56. The molecule has 0 aliphatic carbocycles. The number of rotatable bonds is 1. The standard InChI is InChI=1S/C8H6BF3NO2/c10-9(11,12)5-2-1-3-6-8(5)13-7(14)4-15-6/h1-3H,4H2,(H,13,14)/q-1. The Kier molecular flexibility index (Phi) is 2.10. The minimum absolute atomic E-state index is 0.0614. The Labute approximate surface area is 83.3 Å². The van der Waals surface area contributed by atoms with Crippen LogP contribution in [0.4, 0.5) is 18.6 Å². The second-order valence-electron chi connectivity index (χ2n) is 3.13. The number of hydrogen-bond acceptors (Lipinski definition) is 2. The number of fused-ring (bicyclic) bond motifs is 1. The lowest BCUT2D eigenvalue weighted by Gasteiger charge is -2.25. The maximum absolute atomic E-state index is 12.6. The van der Waals surface area contributed by atoms with Gasteiger partial charge in [0.05, 0.1) is 5.69 Å². The number of halogens is 3. The largest absolute Gasteiger partial charge is 0.511 e. The molecule has 80 valence electrons. The number of anilines is 1. The molecular formula is C8H6BF3NO2-. The van der Waals surface area contributed by atoms with Crippen LogP contribution in [0.5, 0.6) is 5.75 Å². The summed E-state index contributed by atoms with van der Waals surface area (Å²) in [7, 11) is 0. The summed E-state index contributed by atoms with van der Waals surface area (Å²) in [5, 5.41) is 2.17. The lowest BCUT2D eigenvalue weighted by atomic mass is 9.78. The predicted octanol–water partition coefficient (Wildman–Crippen LogP) is 1.07. The lowest BCUT2D eigenvalue weighted by Crippen LogP contribution is -2.39. The molecule has 0 fully saturated rings. The van der Waals surface area contributed by atoms with Gasteiger partial charge < -0.3 is 23.0 Å². The van der Waals surface area contributed by atoms with Crippen LogP contribution in [-0.2, 0) is 4.79 Å². The monoisotopic (exact) mass is 216 g/mol. The number of carbonyl (C=O) groups is 1. The summed E-state index contributed by atoms with van der Waals surface area (Å²) in [5.74, 6) is -0.513. The molecule has 3 nitrogen and oxygen atoms in total. The minimum Gasteiger partial charge on any atom is -0.482 e. The highest BCUT2D eigenvalue weighted by molar-refractivity contribution is 6.75. The van der Waals surface area contributed by atoms with Crippen LogP contribution >= 0.6 is 0 Å². The molecule has 0 aromatic heterocycles. The van der Waals surface area contributed by atoms with E-state index in [1.165, 1.54) is 12.1 Å². The molecular weight excluding hydrogens is 210 g/mol. The van der Waals surface area contributed by atoms with Crippen molar-refractivity contribution in [1.82, 2.24) is 0 Å². The first-order chi connectivity index (χ1) is 6.98. The van der Waals surface area contributed by atoms with Crippen LogP contribution in [0.15, 0.2) is 18.2 Å². The van der Waals surface area contributed by atoms with E-state index < -0.39 is 18.3 Å². The topological polar surface area (TPSA) is 38.3 Å². The van der Waals surface area contributed by atoms with E-state index in [1.807, 2.05) is 0 Å². The van der Waals surface area contributed by atoms with Crippen LogP contribution in [-0.4, -0.2) is 19.5 Å². The van der Waals surface area contributed by atoms with Crippen molar-refractivity contribution < 1.29 is 22.5 Å². The minimum atomic E-state index is -5.15. The molecule has 1 aromatic rings. The molecule has 0 bridgehead atoms. The first-order valence-electron chi connectivity index (χ1n) is 4.24. The molecule has 0 radical (unpaired) electrons. The van der Waals surface area contributed by atoms with Crippen LogP contribution < -0.4 is 15.5 Å². The quantitative estimate of drug-likeness (QED) is 0.713. The van der Waals surface area contributed by atoms with E-state index in [-0.39, 0.29) is 18.0 Å². The van der Waals surface area contributed by atoms with Gasteiger partial charge in [-0.1, -0.05) is 17.6 Å². The molecule has 1 heterocycles. The highest BCUT2D eigenvalue weighted by atomic mass is 19.4. The molecule has 1 N–H and O–H groups in total. The Morgan fingerprint density at radius 2 is 2.07 bits per heavy atom. The summed E-state index contributed by atoms with van der Waals surface area (Å²) in [6.07, 6.45) is 0. The first kappa shape index (κ1) is 9.88. The van der Waals surface area contributed by atoms with Crippen LogP contribution in [0.3, 0.4) is 0 Å². The second-order valence-corrected chi connectivity index (χ2v) is 3.13. The van der Waals surface area contributed by atoms with E-state index in [0.717, 1.165) is 6.07 Å². The summed E-state index contributed by atoms with van der Waals surface area (Å²) < 4.78 is 42.5. The highest BCUT2D eigenvalue weighted by Crippen LogP contribution is 2.28. The van der Waals surface area contributed by atoms with Crippen LogP contribution in [0.2, 0.25) is 0 Å². The van der Waals surface area contributed by atoms with Gasteiger partial charge in [0.1, 0.15) is 5.75 Å². The van der Waals surface area contributed by atoms with E-state index in [1.54, 1.807) is 0 Å². The van der Waals surface area contributed by atoms with E-state index >= 15 is 0 Å². The Bertz CT molecular complexity index is 419. The predicted molar refractivity (Wildman–Crippen MR) is 49.3 cm³/mol. The van der Waals surface area contributed by atoms with Gasteiger partial charge in [-0.25, -0.2) is 0 Å². The van der Waals surface area contributed by atoms with Gasteiger partial charge in [-0.15, -0.1) is 0 Å². The van der Waals surface area contributed by atoms with Gasteiger partial charge in [-0.05, 0) is 6.07 Å². The number of para-hydroxylation sites is 1. The third-order valence-electron chi connectivity index (χ3n) is 2.03. The van der Waals surface area contributed by atoms with E-state index in [2.05, 4.69) is 5.32 Å². The molecule has 0 atom stereocenters. The maximum Gasteiger partial charge on any atom is 0.511 e. The molecule has 0 spiro atoms. The Hall–Kier alpha value is -1.66. The molecule has 2 rings (SSSR count). The van der Waals surface area contributed by atoms with Crippen LogP contribution in [0.1, 0.15) is 0 Å². The van der Waals surface area contributed by atoms with Crippen molar-refractivity contribution in [3.05, 3.63) is 18.2 Å². The third-order valence-corrected chi connectivity index (χ3v) is 2.03. The Morgan fingerprint density at radius 1 is 1.33 bits per heavy atom. The molecule has 1 amide bonds. The normalized spacial score (nSPS) is 15.3. The summed E-state index contributed by atoms with van der Waals surface area (Å²) in [5.41, 5.74) is -1.11. The fourth-order valence-corrected chi connectivity index (χ4v) is 1.39. The summed E-state index contributed by atoms with van der Waals surface area (Å²) in [6.45, 7) is -5.40. The molecule has 1 aromatic carbocycles. The molecule has 0 saturated heterocycles. The van der Waals surface area contributed by atoms with Gasteiger partial charge in [-0.2, -0.15) is 0 Å². The van der Waals surface area contributed by atoms with Crippen molar-refractivity contribution in [2.45, 2.75) is 0 Å². The van der Waals surface area contributed by atoms with E-state index in [0.29, 0.717) is 0 Å². The van der Waals surface area contributed by atoms with Gasteiger partial charge >= 0.3 is 6.98 Å². The van der Waals surface area contributed by atoms with Gasteiger partial charge in [0.2, 0.25) is 0 Å². The molecule has 1 aliphatic rings.